The van der Waals surface area contributed by atoms with Gasteiger partial charge in [-0.2, -0.15) is 0 Å². The molecule has 2 aromatic rings. The van der Waals surface area contributed by atoms with Gasteiger partial charge in [0.1, 0.15) is 11.6 Å². The smallest absolute Gasteiger partial charge is 0.131 e. The van der Waals surface area contributed by atoms with Gasteiger partial charge >= 0.3 is 0 Å². The van der Waals surface area contributed by atoms with E-state index in [1.54, 1.807) is 12.1 Å². The maximum absolute atomic E-state index is 14.2. The second-order valence-corrected chi connectivity index (χ2v) is 5.31. The first-order valence-electron chi connectivity index (χ1n) is 6.75. The summed E-state index contributed by atoms with van der Waals surface area (Å²) < 4.78 is 27.5. The van der Waals surface area contributed by atoms with Gasteiger partial charge in [0.05, 0.1) is 0 Å². The Kier molecular flexibility index (Phi) is 4.50. The van der Waals surface area contributed by atoms with Crippen molar-refractivity contribution in [1.29, 1.82) is 0 Å². The van der Waals surface area contributed by atoms with E-state index in [1.165, 1.54) is 18.2 Å². The molecule has 0 amide bonds. The van der Waals surface area contributed by atoms with Crippen molar-refractivity contribution >= 4 is 0 Å². The van der Waals surface area contributed by atoms with E-state index in [0.29, 0.717) is 23.7 Å². The minimum absolute atomic E-state index is 0.318. The van der Waals surface area contributed by atoms with E-state index in [2.05, 4.69) is 5.32 Å². The van der Waals surface area contributed by atoms with Crippen molar-refractivity contribution in [2.24, 2.45) is 0 Å². The van der Waals surface area contributed by atoms with Crippen LogP contribution in [0.25, 0.3) is 11.1 Å². The summed E-state index contributed by atoms with van der Waals surface area (Å²) in [4.78, 5) is 0. The molecule has 0 radical (unpaired) electrons. The van der Waals surface area contributed by atoms with Crippen LogP contribution >= 0.6 is 0 Å². The van der Waals surface area contributed by atoms with Gasteiger partial charge in [-0.25, -0.2) is 8.78 Å². The molecule has 0 aliphatic heterocycles. The van der Waals surface area contributed by atoms with E-state index in [0.717, 1.165) is 11.1 Å². The van der Waals surface area contributed by atoms with Crippen LogP contribution in [0.4, 0.5) is 8.78 Å². The summed E-state index contributed by atoms with van der Waals surface area (Å²) in [6.45, 7) is 6.56. The zero-order valence-corrected chi connectivity index (χ0v) is 12.0. The Morgan fingerprint density at radius 3 is 2.40 bits per heavy atom. The summed E-state index contributed by atoms with van der Waals surface area (Å²) in [6.07, 6.45) is 0. The number of rotatable bonds is 4. The number of nitrogens with one attached hydrogen (secondary N) is 1. The molecule has 0 unspecified atom stereocenters. The molecule has 20 heavy (non-hydrogen) atoms. The van der Waals surface area contributed by atoms with Crippen molar-refractivity contribution in [1.82, 2.24) is 5.32 Å². The van der Waals surface area contributed by atoms with Crippen LogP contribution < -0.4 is 5.32 Å². The van der Waals surface area contributed by atoms with Crippen molar-refractivity contribution in [3.8, 4) is 11.1 Å². The van der Waals surface area contributed by atoms with Crippen LogP contribution in [0, 0.1) is 18.6 Å². The summed E-state index contributed by atoms with van der Waals surface area (Å²) in [6, 6.07) is 9.88. The Morgan fingerprint density at radius 2 is 1.75 bits per heavy atom. The maximum atomic E-state index is 14.2. The Morgan fingerprint density at radius 1 is 1.00 bits per heavy atom. The number of benzene rings is 2. The molecule has 0 bridgehead atoms. The number of hydrogen-bond donors (Lipinski definition) is 1. The van der Waals surface area contributed by atoms with Gasteiger partial charge in [-0.05, 0) is 41.8 Å². The van der Waals surface area contributed by atoms with Crippen LogP contribution in [0.2, 0.25) is 0 Å². The molecule has 0 saturated carbocycles. The monoisotopic (exact) mass is 275 g/mol. The minimum Gasteiger partial charge on any atom is -0.310 e. The van der Waals surface area contributed by atoms with Crippen molar-refractivity contribution < 1.29 is 8.78 Å². The van der Waals surface area contributed by atoms with Crippen molar-refractivity contribution in [3.05, 3.63) is 59.2 Å². The van der Waals surface area contributed by atoms with Crippen molar-refractivity contribution in [2.75, 3.05) is 0 Å². The highest BCUT2D eigenvalue weighted by Gasteiger charge is 2.10. The molecule has 1 N–H and O–H groups in total. The van der Waals surface area contributed by atoms with Crippen LogP contribution in [0.5, 0.6) is 0 Å². The summed E-state index contributed by atoms with van der Waals surface area (Å²) in [5.41, 5.74) is 2.79. The van der Waals surface area contributed by atoms with Gasteiger partial charge in [0.2, 0.25) is 0 Å². The van der Waals surface area contributed by atoms with Gasteiger partial charge in [0, 0.05) is 18.2 Å². The van der Waals surface area contributed by atoms with E-state index < -0.39 is 0 Å². The molecule has 0 heterocycles. The molecule has 0 aromatic heterocycles. The minimum atomic E-state index is -0.351. The average molecular weight is 275 g/mol. The van der Waals surface area contributed by atoms with E-state index in [1.807, 2.05) is 26.8 Å². The molecule has 1 nitrogen and oxygen atoms in total. The third kappa shape index (κ3) is 3.42. The highest BCUT2D eigenvalue weighted by molar-refractivity contribution is 5.68. The highest BCUT2D eigenvalue weighted by atomic mass is 19.1. The number of hydrogen-bond acceptors (Lipinski definition) is 1. The largest absolute Gasteiger partial charge is 0.310 e. The second kappa shape index (κ2) is 6.14. The van der Waals surface area contributed by atoms with Gasteiger partial charge in [-0.3, -0.25) is 0 Å². The predicted molar refractivity (Wildman–Crippen MR) is 78.5 cm³/mol. The molecule has 106 valence electrons. The fourth-order valence-corrected chi connectivity index (χ4v) is 2.09. The van der Waals surface area contributed by atoms with Crippen molar-refractivity contribution in [2.45, 2.75) is 33.4 Å². The van der Waals surface area contributed by atoms with Crippen LogP contribution in [-0.4, -0.2) is 6.04 Å². The molecule has 0 aliphatic rings. The summed E-state index contributed by atoms with van der Waals surface area (Å²) in [5, 5.41) is 3.24. The van der Waals surface area contributed by atoms with Gasteiger partial charge in [0.25, 0.3) is 0 Å². The Hall–Kier alpha value is -1.74. The first-order valence-corrected chi connectivity index (χ1v) is 6.75. The maximum Gasteiger partial charge on any atom is 0.131 e. The molecular formula is C17H19F2N. The van der Waals surface area contributed by atoms with Gasteiger partial charge < -0.3 is 5.32 Å². The van der Waals surface area contributed by atoms with Gasteiger partial charge in [0.15, 0.2) is 0 Å². The summed E-state index contributed by atoms with van der Waals surface area (Å²) >= 11 is 0. The van der Waals surface area contributed by atoms with E-state index in [4.69, 9.17) is 0 Å². The zero-order chi connectivity index (χ0) is 14.7. The molecular weight excluding hydrogens is 256 g/mol. The normalized spacial score (nSPS) is 11.1. The van der Waals surface area contributed by atoms with E-state index >= 15 is 0 Å². The first kappa shape index (κ1) is 14.7. The lowest BCUT2D eigenvalue weighted by Gasteiger charge is -2.11. The lowest BCUT2D eigenvalue weighted by molar-refractivity contribution is 0.582. The Bertz CT molecular complexity index is 606. The lowest BCUT2D eigenvalue weighted by Crippen LogP contribution is -2.21. The van der Waals surface area contributed by atoms with Crippen molar-refractivity contribution in [3.63, 3.8) is 0 Å². The molecule has 2 aromatic carbocycles. The SMILES string of the molecule is Cc1ccc(F)cc1-c1ccc(CNC(C)C)cc1F. The second-order valence-electron chi connectivity index (χ2n) is 5.31. The Labute approximate surface area is 118 Å². The van der Waals surface area contributed by atoms with Crippen LogP contribution in [0.15, 0.2) is 36.4 Å². The van der Waals surface area contributed by atoms with E-state index in [9.17, 15) is 8.78 Å². The third-order valence-corrected chi connectivity index (χ3v) is 3.24. The summed E-state index contributed by atoms with van der Waals surface area (Å²) in [7, 11) is 0. The quantitative estimate of drug-likeness (QED) is 0.870. The fraction of sp³-hybridized carbons (Fsp3) is 0.294. The number of aryl methyl sites for hydroxylation is 1. The van der Waals surface area contributed by atoms with Crippen LogP contribution in [0.3, 0.4) is 0 Å². The molecule has 0 saturated heterocycles. The third-order valence-electron chi connectivity index (χ3n) is 3.24. The van der Waals surface area contributed by atoms with Gasteiger partial charge in [-0.15, -0.1) is 0 Å². The lowest BCUT2D eigenvalue weighted by atomic mass is 9.98. The van der Waals surface area contributed by atoms with Gasteiger partial charge in [-0.1, -0.05) is 32.0 Å². The predicted octanol–water partition coefficient (Wildman–Crippen LogP) is 4.44. The topological polar surface area (TPSA) is 12.0 Å². The van der Waals surface area contributed by atoms with Crippen LogP contribution in [0.1, 0.15) is 25.0 Å². The molecule has 0 aliphatic carbocycles. The fourth-order valence-electron chi connectivity index (χ4n) is 2.09. The average Bonchev–Trinajstić information content (AvgIpc) is 2.39. The highest BCUT2D eigenvalue weighted by Crippen LogP contribution is 2.27. The Balaban J connectivity index is 2.32. The van der Waals surface area contributed by atoms with Crippen LogP contribution in [-0.2, 0) is 6.54 Å². The van der Waals surface area contributed by atoms with E-state index in [-0.39, 0.29) is 11.6 Å². The number of halogens is 2. The summed E-state index contributed by atoms with van der Waals surface area (Å²) in [5.74, 6) is -0.669. The standard InChI is InChI=1S/C17H19F2N/c1-11(2)20-10-13-5-7-15(17(19)8-13)16-9-14(18)6-4-12(16)3/h4-9,11,20H,10H2,1-3H3. The zero-order valence-electron chi connectivity index (χ0n) is 12.0. The molecule has 0 spiro atoms. The molecule has 2 rings (SSSR count). The molecule has 0 atom stereocenters. The molecule has 0 fully saturated rings. The molecule has 3 heteroatoms. The first-order chi connectivity index (χ1) is 9.47.